The molecule has 0 saturated heterocycles. The predicted octanol–water partition coefficient (Wildman–Crippen LogP) is 2.15. The van der Waals surface area contributed by atoms with Crippen molar-refractivity contribution in [3.63, 3.8) is 0 Å². The average molecular weight is 159 g/mol. The van der Waals surface area contributed by atoms with Gasteiger partial charge in [0, 0.05) is 6.61 Å². The Morgan fingerprint density at radius 3 is 2.55 bits per heavy atom. The summed E-state index contributed by atoms with van der Waals surface area (Å²) in [5.74, 6) is 0. The first-order valence-electron chi connectivity index (χ1n) is 4.66. The van der Waals surface area contributed by atoms with Gasteiger partial charge in [0.1, 0.15) is 6.23 Å². The van der Waals surface area contributed by atoms with Gasteiger partial charge in [0.25, 0.3) is 0 Å². The zero-order valence-corrected chi connectivity index (χ0v) is 8.02. The van der Waals surface area contributed by atoms with Crippen LogP contribution in [0.3, 0.4) is 0 Å². The van der Waals surface area contributed by atoms with Crippen molar-refractivity contribution in [2.24, 2.45) is 0 Å². The molecule has 1 N–H and O–H groups in total. The van der Waals surface area contributed by atoms with Crippen LogP contribution in [-0.4, -0.2) is 19.4 Å². The lowest BCUT2D eigenvalue weighted by molar-refractivity contribution is 0.0432. The molecule has 11 heavy (non-hydrogen) atoms. The lowest BCUT2D eigenvalue weighted by atomic mass is 10.3. The molecule has 68 valence electrons. The van der Waals surface area contributed by atoms with Gasteiger partial charge in [0.2, 0.25) is 0 Å². The number of unbranched alkanes of at least 4 members (excludes halogenated alkanes) is 1. The molecule has 0 rings (SSSR count). The molecule has 0 amide bonds. The molecule has 0 aliphatic heterocycles. The van der Waals surface area contributed by atoms with E-state index in [2.05, 4.69) is 26.1 Å². The number of rotatable bonds is 7. The first kappa shape index (κ1) is 10.9. The van der Waals surface area contributed by atoms with Gasteiger partial charge in [-0.05, 0) is 26.3 Å². The van der Waals surface area contributed by atoms with Crippen LogP contribution in [0.15, 0.2) is 0 Å². The molecule has 0 fully saturated rings. The topological polar surface area (TPSA) is 21.3 Å². The van der Waals surface area contributed by atoms with Crippen molar-refractivity contribution in [2.75, 3.05) is 13.2 Å². The Kier molecular flexibility index (Phi) is 7.96. The van der Waals surface area contributed by atoms with Gasteiger partial charge in [-0.1, -0.05) is 20.3 Å². The largest absolute Gasteiger partial charge is 0.364 e. The Morgan fingerprint density at radius 1 is 1.27 bits per heavy atom. The minimum atomic E-state index is 0.224. The molecule has 0 aliphatic carbocycles. The third-order valence-corrected chi connectivity index (χ3v) is 1.53. The van der Waals surface area contributed by atoms with Gasteiger partial charge in [0.05, 0.1) is 0 Å². The van der Waals surface area contributed by atoms with Gasteiger partial charge in [-0.2, -0.15) is 0 Å². The van der Waals surface area contributed by atoms with E-state index in [1.165, 1.54) is 12.8 Å². The highest BCUT2D eigenvalue weighted by atomic mass is 16.5. The van der Waals surface area contributed by atoms with Gasteiger partial charge in [-0.25, -0.2) is 0 Å². The minimum absolute atomic E-state index is 0.224. The van der Waals surface area contributed by atoms with E-state index in [4.69, 9.17) is 4.74 Å². The summed E-state index contributed by atoms with van der Waals surface area (Å²) in [4.78, 5) is 0. The van der Waals surface area contributed by atoms with E-state index in [0.29, 0.717) is 0 Å². The summed E-state index contributed by atoms with van der Waals surface area (Å²) in [7, 11) is 0. The van der Waals surface area contributed by atoms with Gasteiger partial charge in [-0.3, -0.25) is 5.32 Å². The standard InChI is InChI=1S/C9H21NO/c1-4-6-7-10-9(3)11-8-5-2/h9-10H,4-8H2,1-3H3. The fraction of sp³-hybridized carbons (Fsp3) is 1.00. The average Bonchev–Trinajstić information content (AvgIpc) is 2.01. The fourth-order valence-electron chi connectivity index (χ4n) is 0.836. The van der Waals surface area contributed by atoms with Gasteiger partial charge in [0.15, 0.2) is 0 Å². The van der Waals surface area contributed by atoms with E-state index in [-0.39, 0.29) is 6.23 Å². The highest BCUT2D eigenvalue weighted by molar-refractivity contribution is 4.48. The van der Waals surface area contributed by atoms with Crippen molar-refractivity contribution in [1.82, 2.24) is 5.32 Å². The Bertz CT molecular complexity index is 76.0. The van der Waals surface area contributed by atoms with Crippen LogP contribution in [0.25, 0.3) is 0 Å². The molecule has 0 aromatic heterocycles. The van der Waals surface area contributed by atoms with Crippen LogP contribution in [0.4, 0.5) is 0 Å². The molecule has 1 atom stereocenters. The van der Waals surface area contributed by atoms with Crippen LogP contribution in [-0.2, 0) is 4.74 Å². The lowest BCUT2D eigenvalue weighted by Crippen LogP contribution is -2.29. The predicted molar refractivity (Wildman–Crippen MR) is 48.6 cm³/mol. The molecular weight excluding hydrogens is 138 g/mol. The summed E-state index contributed by atoms with van der Waals surface area (Å²) in [5, 5.41) is 3.30. The van der Waals surface area contributed by atoms with Crippen LogP contribution < -0.4 is 5.32 Å². The van der Waals surface area contributed by atoms with E-state index >= 15 is 0 Å². The smallest absolute Gasteiger partial charge is 0.105 e. The Balaban J connectivity index is 3.02. The van der Waals surface area contributed by atoms with Crippen molar-refractivity contribution in [1.29, 1.82) is 0 Å². The van der Waals surface area contributed by atoms with Crippen molar-refractivity contribution >= 4 is 0 Å². The van der Waals surface area contributed by atoms with E-state index < -0.39 is 0 Å². The monoisotopic (exact) mass is 159 g/mol. The maximum Gasteiger partial charge on any atom is 0.105 e. The molecule has 0 spiro atoms. The zero-order chi connectivity index (χ0) is 8.53. The normalized spacial score (nSPS) is 13.4. The lowest BCUT2D eigenvalue weighted by Gasteiger charge is -2.13. The molecule has 2 nitrogen and oxygen atoms in total. The number of hydrogen-bond acceptors (Lipinski definition) is 2. The van der Waals surface area contributed by atoms with E-state index in [1.54, 1.807) is 0 Å². The van der Waals surface area contributed by atoms with Crippen LogP contribution in [0, 0.1) is 0 Å². The molecule has 0 bridgehead atoms. The SMILES string of the molecule is CCCCNC(C)OCCC. The molecule has 0 aromatic rings. The molecule has 0 heterocycles. The van der Waals surface area contributed by atoms with Crippen LogP contribution in [0.2, 0.25) is 0 Å². The van der Waals surface area contributed by atoms with Crippen molar-refractivity contribution in [3.8, 4) is 0 Å². The first-order valence-corrected chi connectivity index (χ1v) is 4.66. The summed E-state index contributed by atoms with van der Waals surface area (Å²) in [5.41, 5.74) is 0. The Morgan fingerprint density at radius 2 is 2.00 bits per heavy atom. The minimum Gasteiger partial charge on any atom is -0.364 e. The van der Waals surface area contributed by atoms with Gasteiger partial charge < -0.3 is 4.74 Å². The third-order valence-electron chi connectivity index (χ3n) is 1.53. The molecule has 0 aliphatic rings. The quantitative estimate of drug-likeness (QED) is 0.454. The molecule has 2 heteroatoms. The van der Waals surface area contributed by atoms with Crippen LogP contribution >= 0.6 is 0 Å². The van der Waals surface area contributed by atoms with E-state index in [1.807, 2.05) is 0 Å². The fourth-order valence-corrected chi connectivity index (χ4v) is 0.836. The van der Waals surface area contributed by atoms with Gasteiger partial charge >= 0.3 is 0 Å². The number of nitrogens with one attached hydrogen (secondary N) is 1. The van der Waals surface area contributed by atoms with Crippen molar-refractivity contribution in [3.05, 3.63) is 0 Å². The summed E-state index contributed by atoms with van der Waals surface area (Å²) < 4.78 is 5.43. The Hall–Kier alpha value is -0.0800. The Labute approximate surface area is 70.3 Å². The summed E-state index contributed by atoms with van der Waals surface area (Å²) in [6.45, 7) is 8.31. The van der Waals surface area contributed by atoms with Crippen LogP contribution in [0.5, 0.6) is 0 Å². The second kappa shape index (κ2) is 8.02. The highest BCUT2D eigenvalue weighted by Gasteiger charge is 1.97. The maximum absolute atomic E-state index is 5.43. The van der Waals surface area contributed by atoms with E-state index in [9.17, 15) is 0 Å². The third kappa shape index (κ3) is 7.82. The molecule has 1 unspecified atom stereocenters. The van der Waals surface area contributed by atoms with E-state index in [0.717, 1.165) is 19.6 Å². The van der Waals surface area contributed by atoms with Crippen molar-refractivity contribution < 1.29 is 4.74 Å². The summed E-state index contributed by atoms with van der Waals surface area (Å²) in [6, 6.07) is 0. The summed E-state index contributed by atoms with van der Waals surface area (Å²) in [6.07, 6.45) is 3.80. The molecular formula is C9H21NO. The van der Waals surface area contributed by atoms with Gasteiger partial charge in [-0.15, -0.1) is 0 Å². The maximum atomic E-state index is 5.43. The second-order valence-corrected chi connectivity index (χ2v) is 2.82. The zero-order valence-electron chi connectivity index (χ0n) is 8.02. The molecule has 0 aromatic carbocycles. The highest BCUT2D eigenvalue weighted by Crippen LogP contribution is 1.89. The van der Waals surface area contributed by atoms with Crippen molar-refractivity contribution in [2.45, 2.75) is 46.3 Å². The summed E-state index contributed by atoms with van der Waals surface area (Å²) >= 11 is 0. The number of ether oxygens (including phenoxy) is 1. The second-order valence-electron chi connectivity index (χ2n) is 2.82. The molecule has 0 saturated carbocycles. The first-order chi connectivity index (χ1) is 5.31. The number of hydrogen-bond donors (Lipinski definition) is 1. The van der Waals surface area contributed by atoms with Crippen LogP contribution in [0.1, 0.15) is 40.0 Å². The molecule has 0 radical (unpaired) electrons.